The summed E-state index contributed by atoms with van der Waals surface area (Å²) in [6.07, 6.45) is 0.987. The van der Waals surface area contributed by atoms with E-state index in [-0.39, 0.29) is 24.0 Å². The van der Waals surface area contributed by atoms with Gasteiger partial charge >= 0.3 is 0 Å². The Kier molecular flexibility index (Phi) is 12.1. The molecule has 0 amide bonds. The maximum absolute atomic E-state index is 5.35. The summed E-state index contributed by atoms with van der Waals surface area (Å²) in [5.41, 5.74) is 5.25. The second-order valence-electron chi connectivity index (χ2n) is 5.55. The Balaban J connectivity index is 0.00000484. The molecular formula is C18H32IN3O. The molecule has 0 fully saturated rings. The third-order valence-electron chi connectivity index (χ3n) is 3.54. The van der Waals surface area contributed by atoms with E-state index in [1.807, 2.05) is 6.92 Å². The van der Waals surface area contributed by atoms with Crippen molar-refractivity contribution in [3.8, 4) is 0 Å². The van der Waals surface area contributed by atoms with E-state index >= 15 is 0 Å². The lowest BCUT2D eigenvalue weighted by Gasteiger charge is -2.13. The Morgan fingerprint density at radius 3 is 2.30 bits per heavy atom. The highest BCUT2D eigenvalue weighted by Gasteiger charge is 2.04. The van der Waals surface area contributed by atoms with Gasteiger partial charge in [0.15, 0.2) is 5.96 Å². The first-order chi connectivity index (χ1) is 10.6. The van der Waals surface area contributed by atoms with Crippen molar-refractivity contribution in [3.05, 3.63) is 34.4 Å². The number of benzene rings is 1. The van der Waals surface area contributed by atoms with Crippen LogP contribution < -0.4 is 10.6 Å². The average molecular weight is 433 g/mol. The quantitative estimate of drug-likeness (QED) is 0.284. The van der Waals surface area contributed by atoms with Crippen LogP contribution in [0.25, 0.3) is 0 Å². The summed E-state index contributed by atoms with van der Waals surface area (Å²) in [5.74, 6) is 0.873. The highest BCUT2D eigenvalue weighted by Crippen LogP contribution is 2.17. The monoisotopic (exact) mass is 433 g/mol. The van der Waals surface area contributed by atoms with Crippen LogP contribution in [-0.4, -0.2) is 32.3 Å². The SMILES string of the molecule is CCNC(=NCc1c(C)cc(C)cc1C)NCCCOCC.I. The Hall–Kier alpha value is -0.820. The first kappa shape index (κ1) is 22.2. The Labute approximate surface area is 158 Å². The molecule has 0 saturated carbocycles. The zero-order valence-corrected chi connectivity index (χ0v) is 17.5. The number of ether oxygens (including phenoxy) is 1. The molecule has 4 nitrogen and oxygen atoms in total. The molecule has 0 radical (unpaired) electrons. The Morgan fingerprint density at radius 1 is 1.09 bits per heavy atom. The van der Waals surface area contributed by atoms with E-state index in [4.69, 9.17) is 9.73 Å². The standard InChI is InChI=1S/C18H31N3O.HI/c1-6-19-18(20-9-8-10-22-7-2)21-13-17-15(4)11-14(3)12-16(17)5;/h11-12H,6-10,13H2,1-5H3,(H2,19,20,21);1H. The molecule has 0 aliphatic rings. The fraction of sp³-hybridized carbons (Fsp3) is 0.611. The van der Waals surface area contributed by atoms with Gasteiger partial charge in [-0.05, 0) is 57.7 Å². The zero-order chi connectivity index (χ0) is 16.4. The van der Waals surface area contributed by atoms with E-state index in [2.05, 4.69) is 50.5 Å². The highest BCUT2D eigenvalue weighted by atomic mass is 127. The minimum Gasteiger partial charge on any atom is -0.382 e. The number of hydrogen-bond acceptors (Lipinski definition) is 2. The van der Waals surface area contributed by atoms with Gasteiger partial charge in [-0.15, -0.1) is 24.0 Å². The molecule has 132 valence electrons. The van der Waals surface area contributed by atoms with Crippen LogP contribution in [0.3, 0.4) is 0 Å². The van der Waals surface area contributed by atoms with Crippen LogP contribution in [0.15, 0.2) is 17.1 Å². The molecule has 0 bridgehead atoms. The van der Waals surface area contributed by atoms with Crippen molar-refractivity contribution >= 4 is 29.9 Å². The van der Waals surface area contributed by atoms with Crippen LogP contribution in [0, 0.1) is 20.8 Å². The molecule has 0 aromatic heterocycles. The van der Waals surface area contributed by atoms with Gasteiger partial charge in [-0.3, -0.25) is 0 Å². The molecule has 0 aliphatic heterocycles. The molecule has 1 rings (SSSR count). The number of halogens is 1. The number of rotatable bonds is 8. The van der Waals surface area contributed by atoms with Gasteiger partial charge in [-0.1, -0.05) is 17.7 Å². The minimum absolute atomic E-state index is 0. The van der Waals surface area contributed by atoms with Crippen LogP contribution in [0.2, 0.25) is 0 Å². The summed E-state index contributed by atoms with van der Waals surface area (Å²) in [5, 5.41) is 6.65. The first-order valence-corrected chi connectivity index (χ1v) is 8.25. The lowest BCUT2D eigenvalue weighted by atomic mass is 10.00. The van der Waals surface area contributed by atoms with Crippen molar-refractivity contribution in [1.29, 1.82) is 0 Å². The van der Waals surface area contributed by atoms with Gasteiger partial charge < -0.3 is 15.4 Å². The summed E-state index contributed by atoms with van der Waals surface area (Å²) in [6, 6.07) is 4.45. The lowest BCUT2D eigenvalue weighted by Crippen LogP contribution is -2.38. The van der Waals surface area contributed by atoms with E-state index in [1.165, 1.54) is 22.3 Å². The third-order valence-corrected chi connectivity index (χ3v) is 3.54. The highest BCUT2D eigenvalue weighted by molar-refractivity contribution is 14.0. The molecule has 5 heteroatoms. The largest absolute Gasteiger partial charge is 0.382 e. The van der Waals surface area contributed by atoms with Crippen LogP contribution in [0.5, 0.6) is 0 Å². The second kappa shape index (κ2) is 12.6. The zero-order valence-electron chi connectivity index (χ0n) is 15.2. The van der Waals surface area contributed by atoms with E-state index in [9.17, 15) is 0 Å². The van der Waals surface area contributed by atoms with Crippen LogP contribution in [0.1, 0.15) is 42.5 Å². The fourth-order valence-electron chi connectivity index (χ4n) is 2.48. The summed E-state index contributed by atoms with van der Waals surface area (Å²) in [7, 11) is 0. The summed E-state index contributed by atoms with van der Waals surface area (Å²) in [4.78, 5) is 4.71. The van der Waals surface area contributed by atoms with Crippen molar-refractivity contribution in [1.82, 2.24) is 10.6 Å². The molecule has 2 N–H and O–H groups in total. The van der Waals surface area contributed by atoms with E-state index in [1.54, 1.807) is 0 Å². The van der Waals surface area contributed by atoms with Crippen molar-refractivity contribution in [2.45, 2.75) is 47.6 Å². The van der Waals surface area contributed by atoms with Crippen LogP contribution >= 0.6 is 24.0 Å². The van der Waals surface area contributed by atoms with Gasteiger partial charge in [0.05, 0.1) is 6.54 Å². The van der Waals surface area contributed by atoms with Gasteiger partial charge in [0.2, 0.25) is 0 Å². The van der Waals surface area contributed by atoms with Gasteiger partial charge in [0.1, 0.15) is 0 Å². The number of nitrogens with zero attached hydrogens (tertiary/aromatic N) is 1. The Bertz CT molecular complexity index is 466. The molecule has 0 aliphatic carbocycles. The normalized spacial score (nSPS) is 11.1. The first-order valence-electron chi connectivity index (χ1n) is 8.25. The molecule has 0 atom stereocenters. The maximum Gasteiger partial charge on any atom is 0.191 e. The second-order valence-corrected chi connectivity index (χ2v) is 5.55. The van der Waals surface area contributed by atoms with Crippen LogP contribution in [0.4, 0.5) is 0 Å². The van der Waals surface area contributed by atoms with Gasteiger partial charge in [-0.25, -0.2) is 4.99 Å². The molecule has 0 spiro atoms. The molecule has 1 aromatic rings. The molecule has 0 heterocycles. The summed E-state index contributed by atoms with van der Waals surface area (Å²) in [6.45, 7) is 14.6. The topological polar surface area (TPSA) is 45.7 Å². The minimum atomic E-state index is 0. The van der Waals surface area contributed by atoms with Crippen molar-refractivity contribution < 1.29 is 4.74 Å². The molecule has 23 heavy (non-hydrogen) atoms. The molecular weight excluding hydrogens is 401 g/mol. The Morgan fingerprint density at radius 2 is 1.74 bits per heavy atom. The van der Waals surface area contributed by atoms with Crippen molar-refractivity contribution in [2.24, 2.45) is 4.99 Å². The average Bonchev–Trinajstić information content (AvgIpc) is 2.45. The predicted octanol–water partition coefficient (Wildman–Crippen LogP) is 3.71. The lowest BCUT2D eigenvalue weighted by molar-refractivity contribution is 0.145. The van der Waals surface area contributed by atoms with Crippen molar-refractivity contribution in [2.75, 3.05) is 26.3 Å². The smallest absolute Gasteiger partial charge is 0.191 e. The fourth-order valence-corrected chi connectivity index (χ4v) is 2.48. The third kappa shape index (κ3) is 8.55. The van der Waals surface area contributed by atoms with Crippen molar-refractivity contribution in [3.63, 3.8) is 0 Å². The van der Waals surface area contributed by atoms with Gasteiger partial charge in [0.25, 0.3) is 0 Å². The number of hydrogen-bond donors (Lipinski definition) is 2. The number of aryl methyl sites for hydroxylation is 3. The van der Waals surface area contributed by atoms with E-state index in [0.29, 0.717) is 6.54 Å². The van der Waals surface area contributed by atoms with Gasteiger partial charge in [0, 0.05) is 26.3 Å². The van der Waals surface area contributed by atoms with Gasteiger partial charge in [-0.2, -0.15) is 0 Å². The molecule has 1 aromatic carbocycles. The number of nitrogens with one attached hydrogen (secondary N) is 2. The van der Waals surface area contributed by atoms with Crippen LogP contribution in [-0.2, 0) is 11.3 Å². The summed E-state index contributed by atoms with van der Waals surface area (Å²) >= 11 is 0. The predicted molar refractivity (Wildman–Crippen MR) is 110 cm³/mol. The number of aliphatic imine (C=N–C) groups is 1. The maximum atomic E-state index is 5.35. The van der Waals surface area contributed by atoms with E-state index < -0.39 is 0 Å². The molecule has 0 saturated heterocycles. The number of guanidine groups is 1. The molecule has 0 unspecified atom stereocenters. The summed E-state index contributed by atoms with van der Waals surface area (Å²) < 4.78 is 5.35. The van der Waals surface area contributed by atoms with E-state index in [0.717, 1.165) is 38.7 Å².